The lowest BCUT2D eigenvalue weighted by Crippen LogP contribution is -2.45. The van der Waals surface area contributed by atoms with Gasteiger partial charge in [-0.3, -0.25) is 14.6 Å². The van der Waals surface area contributed by atoms with E-state index in [-0.39, 0.29) is 24.3 Å². The number of carbonyl (C=O) groups is 2. The maximum absolute atomic E-state index is 12.6. The van der Waals surface area contributed by atoms with Gasteiger partial charge in [0.1, 0.15) is 0 Å². The van der Waals surface area contributed by atoms with Crippen LogP contribution >= 0.6 is 11.6 Å². The van der Waals surface area contributed by atoms with Crippen molar-refractivity contribution in [1.29, 1.82) is 0 Å². The summed E-state index contributed by atoms with van der Waals surface area (Å²) in [6.07, 6.45) is 5.97. The fourth-order valence-corrected chi connectivity index (χ4v) is 2.66. The molecule has 0 aromatic carbocycles. The monoisotopic (exact) mass is 296 g/mol. The van der Waals surface area contributed by atoms with Gasteiger partial charge in [0.2, 0.25) is 0 Å². The standard InChI is InChI=1S/C14H17ClN2O3/c1-20-13(18)8-10-4-2-3-7-17(10)14(19)11-5-6-16-9-12(11)15/h5-6,9-10H,2-4,7-8H2,1H3. The van der Waals surface area contributed by atoms with Crippen molar-refractivity contribution < 1.29 is 14.3 Å². The van der Waals surface area contributed by atoms with E-state index in [1.54, 1.807) is 17.2 Å². The van der Waals surface area contributed by atoms with Crippen LogP contribution < -0.4 is 0 Å². The summed E-state index contributed by atoms with van der Waals surface area (Å²) in [6, 6.07) is 1.49. The van der Waals surface area contributed by atoms with Crippen LogP contribution in [-0.2, 0) is 9.53 Å². The van der Waals surface area contributed by atoms with Crippen LogP contribution in [0.3, 0.4) is 0 Å². The molecule has 0 aliphatic carbocycles. The lowest BCUT2D eigenvalue weighted by atomic mass is 9.98. The number of hydrogen-bond donors (Lipinski definition) is 0. The largest absolute Gasteiger partial charge is 0.469 e. The topological polar surface area (TPSA) is 59.5 Å². The van der Waals surface area contributed by atoms with E-state index in [0.29, 0.717) is 17.1 Å². The second-order valence-corrected chi connectivity index (χ2v) is 5.19. The zero-order valence-electron chi connectivity index (χ0n) is 11.3. The number of ether oxygens (including phenoxy) is 1. The van der Waals surface area contributed by atoms with Crippen molar-refractivity contribution in [2.45, 2.75) is 31.7 Å². The van der Waals surface area contributed by atoms with Crippen LogP contribution in [0.1, 0.15) is 36.0 Å². The van der Waals surface area contributed by atoms with Crippen LogP contribution in [0.4, 0.5) is 0 Å². The molecule has 2 rings (SSSR count). The van der Waals surface area contributed by atoms with Crippen molar-refractivity contribution in [3.63, 3.8) is 0 Å². The average Bonchev–Trinajstić information content (AvgIpc) is 2.47. The molecule has 0 N–H and O–H groups in total. The van der Waals surface area contributed by atoms with Crippen molar-refractivity contribution >= 4 is 23.5 Å². The number of aromatic nitrogens is 1. The summed E-state index contributed by atoms with van der Waals surface area (Å²) < 4.78 is 4.70. The van der Waals surface area contributed by atoms with Gasteiger partial charge in [0.15, 0.2) is 0 Å². The Bertz CT molecular complexity index is 507. The summed E-state index contributed by atoms with van der Waals surface area (Å²) in [6.45, 7) is 0.638. The van der Waals surface area contributed by atoms with Crippen molar-refractivity contribution in [3.8, 4) is 0 Å². The summed E-state index contributed by atoms with van der Waals surface area (Å²) in [5.41, 5.74) is 0.429. The van der Waals surface area contributed by atoms with E-state index in [9.17, 15) is 9.59 Å². The van der Waals surface area contributed by atoms with Crippen molar-refractivity contribution in [2.75, 3.05) is 13.7 Å². The van der Waals surface area contributed by atoms with Crippen LogP contribution in [0.25, 0.3) is 0 Å². The Morgan fingerprint density at radius 2 is 2.30 bits per heavy atom. The molecule has 0 spiro atoms. The summed E-state index contributed by atoms with van der Waals surface area (Å²) in [7, 11) is 1.36. The molecule has 0 bridgehead atoms. The minimum atomic E-state index is -0.296. The first-order valence-corrected chi connectivity index (χ1v) is 6.98. The maximum atomic E-state index is 12.6. The minimum absolute atomic E-state index is 0.118. The molecule has 1 aliphatic rings. The Labute approximate surface area is 122 Å². The molecule has 5 nitrogen and oxygen atoms in total. The first-order chi connectivity index (χ1) is 9.63. The molecule has 0 radical (unpaired) electrons. The highest BCUT2D eigenvalue weighted by molar-refractivity contribution is 6.33. The van der Waals surface area contributed by atoms with Gasteiger partial charge in [0.05, 0.1) is 24.1 Å². The third kappa shape index (κ3) is 3.28. The molecular weight excluding hydrogens is 280 g/mol. The fraction of sp³-hybridized carbons (Fsp3) is 0.500. The minimum Gasteiger partial charge on any atom is -0.469 e. The van der Waals surface area contributed by atoms with Gasteiger partial charge in [0.25, 0.3) is 5.91 Å². The smallest absolute Gasteiger partial charge is 0.307 e. The molecule has 6 heteroatoms. The van der Waals surface area contributed by atoms with Crippen molar-refractivity contribution in [1.82, 2.24) is 9.88 Å². The van der Waals surface area contributed by atoms with E-state index >= 15 is 0 Å². The lowest BCUT2D eigenvalue weighted by molar-refractivity contribution is -0.142. The number of likely N-dealkylation sites (tertiary alicyclic amines) is 1. The number of hydrogen-bond acceptors (Lipinski definition) is 4. The normalized spacial score (nSPS) is 18.7. The zero-order valence-corrected chi connectivity index (χ0v) is 12.1. The lowest BCUT2D eigenvalue weighted by Gasteiger charge is -2.35. The number of methoxy groups -OCH3 is 1. The van der Waals surface area contributed by atoms with Gasteiger partial charge in [-0.25, -0.2) is 0 Å². The third-order valence-electron chi connectivity index (χ3n) is 3.52. The fourth-order valence-electron chi connectivity index (χ4n) is 2.46. The van der Waals surface area contributed by atoms with E-state index in [0.717, 1.165) is 19.3 Å². The number of esters is 1. The van der Waals surface area contributed by atoms with Gasteiger partial charge in [-0.05, 0) is 25.3 Å². The van der Waals surface area contributed by atoms with Crippen LogP contribution in [0.2, 0.25) is 5.02 Å². The van der Waals surface area contributed by atoms with Gasteiger partial charge < -0.3 is 9.64 Å². The van der Waals surface area contributed by atoms with Crippen molar-refractivity contribution in [3.05, 3.63) is 29.0 Å². The molecule has 1 amide bonds. The van der Waals surface area contributed by atoms with Gasteiger partial charge in [0, 0.05) is 25.0 Å². The van der Waals surface area contributed by atoms with Gasteiger partial charge >= 0.3 is 5.97 Å². The highest BCUT2D eigenvalue weighted by Gasteiger charge is 2.30. The summed E-state index contributed by atoms with van der Waals surface area (Å²) >= 11 is 6.02. The Kier molecular flexibility index (Phi) is 4.95. The summed E-state index contributed by atoms with van der Waals surface area (Å²) in [5.74, 6) is -0.443. The van der Waals surface area contributed by atoms with E-state index < -0.39 is 0 Å². The van der Waals surface area contributed by atoms with Crippen LogP contribution in [-0.4, -0.2) is 41.5 Å². The maximum Gasteiger partial charge on any atom is 0.307 e. The number of halogens is 1. The van der Waals surface area contributed by atoms with Gasteiger partial charge in [-0.15, -0.1) is 0 Å². The molecule has 108 valence electrons. The van der Waals surface area contributed by atoms with Gasteiger partial charge in [-0.1, -0.05) is 11.6 Å². The van der Waals surface area contributed by atoms with Crippen LogP contribution in [0.15, 0.2) is 18.5 Å². The molecule has 2 heterocycles. The second kappa shape index (κ2) is 6.70. The number of rotatable bonds is 3. The first-order valence-electron chi connectivity index (χ1n) is 6.60. The Morgan fingerprint density at radius 3 is 3.00 bits per heavy atom. The number of piperidine rings is 1. The highest BCUT2D eigenvalue weighted by atomic mass is 35.5. The van der Waals surface area contributed by atoms with Crippen LogP contribution in [0.5, 0.6) is 0 Å². The molecule has 1 aliphatic heterocycles. The van der Waals surface area contributed by atoms with Gasteiger partial charge in [-0.2, -0.15) is 0 Å². The summed E-state index contributed by atoms with van der Waals surface area (Å²) in [5, 5.41) is 0.333. The number of pyridine rings is 1. The SMILES string of the molecule is COC(=O)CC1CCCCN1C(=O)c1ccncc1Cl. The molecule has 0 saturated carbocycles. The number of nitrogens with zero attached hydrogens (tertiary/aromatic N) is 2. The van der Waals surface area contributed by atoms with E-state index in [1.165, 1.54) is 13.3 Å². The molecule has 20 heavy (non-hydrogen) atoms. The summed E-state index contributed by atoms with van der Waals surface area (Å²) in [4.78, 5) is 29.6. The molecule has 1 atom stereocenters. The molecule has 1 unspecified atom stereocenters. The third-order valence-corrected chi connectivity index (χ3v) is 3.82. The average molecular weight is 297 g/mol. The zero-order chi connectivity index (χ0) is 14.5. The molecular formula is C14H17ClN2O3. The second-order valence-electron chi connectivity index (χ2n) is 4.78. The highest BCUT2D eigenvalue weighted by Crippen LogP contribution is 2.24. The first kappa shape index (κ1) is 14.8. The molecule has 1 fully saturated rings. The predicted octanol–water partition coefficient (Wildman–Crippen LogP) is 2.29. The van der Waals surface area contributed by atoms with E-state index in [4.69, 9.17) is 16.3 Å². The van der Waals surface area contributed by atoms with E-state index in [2.05, 4.69) is 4.98 Å². The molecule has 1 saturated heterocycles. The number of carbonyl (C=O) groups excluding carboxylic acids is 2. The van der Waals surface area contributed by atoms with E-state index in [1.807, 2.05) is 0 Å². The molecule has 1 aromatic rings. The predicted molar refractivity (Wildman–Crippen MR) is 74.6 cm³/mol. The quantitative estimate of drug-likeness (QED) is 0.803. The van der Waals surface area contributed by atoms with Crippen molar-refractivity contribution in [2.24, 2.45) is 0 Å². The molecule has 1 aromatic heterocycles. The Morgan fingerprint density at radius 1 is 1.50 bits per heavy atom. The Balaban J connectivity index is 2.17. The number of amides is 1. The Hall–Kier alpha value is -1.62. The van der Waals surface area contributed by atoms with Crippen LogP contribution in [0, 0.1) is 0 Å².